The van der Waals surface area contributed by atoms with E-state index in [1.54, 1.807) is 0 Å². The van der Waals surface area contributed by atoms with Gasteiger partial charge in [0.05, 0.1) is 5.69 Å². The maximum absolute atomic E-state index is 12.2. The minimum absolute atomic E-state index is 0.250. The minimum atomic E-state index is -0.271. The zero-order valence-electron chi connectivity index (χ0n) is 13.7. The average Bonchev–Trinajstić information content (AvgIpc) is 3.02. The first-order valence-corrected chi connectivity index (χ1v) is 7.85. The van der Waals surface area contributed by atoms with Crippen molar-refractivity contribution in [2.75, 3.05) is 18.5 Å². The number of imidazole rings is 1. The van der Waals surface area contributed by atoms with Gasteiger partial charge in [0.25, 0.3) is 5.56 Å². The first-order valence-electron chi connectivity index (χ1n) is 7.85. The lowest BCUT2D eigenvalue weighted by Gasteiger charge is -2.16. The Labute approximate surface area is 138 Å². The maximum atomic E-state index is 12.2. The van der Waals surface area contributed by atoms with E-state index in [4.69, 9.17) is 0 Å². The van der Waals surface area contributed by atoms with Gasteiger partial charge in [-0.25, -0.2) is 0 Å². The smallest absolute Gasteiger partial charge is 0.278 e. The molecule has 124 valence electrons. The normalized spacial score (nSPS) is 11.4. The Bertz CT molecular complexity index is 898. The third-order valence-corrected chi connectivity index (χ3v) is 3.56. The highest BCUT2D eigenvalue weighted by Gasteiger charge is 2.11. The Morgan fingerprint density at radius 2 is 1.92 bits per heavy atom. The fourth-order valence-electron chi connectivity index (χ4n) is 2.21. The van der Waals surface area contributed by atoms with Crippen LogP contribution in [0.2, 0.25) is 0 Å². The summed E-state index contributed by atoms with van der Waals surface area (Å²) in [5.41, 5.74) is 1.07. The lowest BCUT2D eigenvalue weighted by molar-refractivity contribution is 0.750. The highest BCUT2D eigenvalue weighted by Crippen LogP contribution is 2.17. The van der Waals surface area contributed by atoms with Crippen LogP contribution in [0.25, 0.3) is 11.2 Å². The Morgan fingerprint density at radius 1 is 1.12 bits per heavy atom. The molecule has 0 atom stereocenters. The van der Waals surface area contributed by atoms with Crippen LogP contribution in [-0.4, -0.2) is 33.5 Å². The van der Waals surface area contributed by atoms with Crippen molar-refractivity contribution in [2.24, 2.45) is 10.2 Å². The van der Waals surface area contributed by atoms with E-state index in [0.29, 0.717) is 22.8 Å². The number of nitrogens with zero attached hydrogens (tertiary/aromatic N) is 5. The van der Waals surface area contributed by atoms with Crippen molar-refractivity contribution in [2.45, 2.75) is 19.8 Å². The number of anilines is 1. The summed E-state index contributed by atoms with van der Waals surface area (Å²) in [6.45, 7) is 2.93. The van der Waals surface area contributed by atoms with Gasteiger partial charge >= 0.3 is 0 Å². The SMILES string of the molecule is CCCCN(C)c1nc2nc(N=Nc3ccccc3)[nH]c2c(=O)[nH]1. The van der Waals surface area contributed by atoms with E-state index in [2.05, 4.69) is 37.1 Å². The van der Waals surface area contributed by atoms with E-state index in [1.165, 1.54) is 0 Å². The van der Waals surface area contributed by atoms with Crippen LogP contribution in [0.3, 0.4) is 0 Å². The number of aromatic amines is 2. The van der Waals surface area contributed by atoms with Crippen LogP contribution in [0.4, 0.5) is 17.6 Å². The third kappa shape index (κ3) is 3.48. The summed E-state index contributed by atoms with van der Waals surface area (Å²) >= 11 is 0. The number of nitrogens with one attached hydrogen (secondary N) is 2. The van der Waals surface area contributed by atoms with Gasteiger partial charge < -0.3 is 9.88 Å². The van der Waals surface area contributed by atoms with Gasteiger partial charge in [-0.05, 0) is 18.6 Å². The summed E-state index contributed by atoms with van der Waals surface area (Å²) in [4.78, 5) is 28.3. The predicted octanol–water partition coefficient (Wildman–Crippen LogP) is 3.30. The summed E-state index contributed by atoms with van der Waals surface area (Å²) in [5, 5.41) is 8.11. The second-order valence-corrected chi connectivity index (χ2v) is 5.46. The van der Waals surface area contributed by atoms with Gasteiger partial charge in [-0.2, -0.15) is 9.97 Å². The number of aromatic nitrogens is 4. The Balaban J connectivity index is 1.89. The summed E-state index contributed by atoms with van der Waals surface area (Å²) in [5.74, 6) is 0.749. The van der Waals surface area contributed by atoms with E-state index in [0.717, 1.165) is 19.4 Å². The number of H-pyrrole nitrogens is 2. The first kappa shape index (κ1) is 15.9. The van der Waals surface area contributed by atoms with Crippen LogP contribution >= 0.6 is 0 Å². The molecule has 0 saturated carbocycles. The van der Waals surface area contributed by atoms with Gasteiger partial charge in [0.1, 0.15) is 0 Å². The molecule has 3 aromatic rings. The summed E-state index contributed by atoms with van der Waals surface area (Å²) < 4.78 is 0. The molecule has 0 fully saturated rings. The third-order valence-electron chi connectivity index (χ3n) is 3.56. The standard InChI is InChI=1S/C16H19N7O/c1-3-4-10-23(2)16-19-13-12(14(24)20-16)17-15(18-13)22-21-11-8-6-5-7-9-11/h5-9H,3-4,10H2,1-2H3,(H2,17,18,19,20,24). The van der Waals surface area contributed by atoms with E-state index >= 15 is 0 Å². The second kappa shape index (κ2) is 7.03. The molecule has 3 rings (SSSR count). The Morgan fingerprint density at radius 3 is 2.67 bits per heavy atom. The summed E-state index contributed by atoms with van der Waals surface area (Å²) in [6, 6.07) is 9.31. The molecule has 8 nitrogen and oxygen atoms in total. The molecular weight excluding hydrogens is 306 g/mol. The number of rotatable bonds is 6. The van der Waals surface area contributed by atoms with Crippen molar-refractivity contribution >= 4 is 28.7 Å². The zero-order chi connectivity index (χ0) is 16.9. The van der Waals surface area contributed by atoms with Gasteiger partial charge in [-0.3, -0.25) is 9.78 Å². The summed E-state index contributed by atoms with van der Waals surface area (Å²) in [6.07, 6.45) is 2.10. The van der Waals surface area contributed by atoms with Gasteiger partial charge in [-0.15, -0.1) is 10.2 Å². The molecule has 0 aliphatic heterocycles. The first-order chi connectivity index (χ1) is 11.7. The van der Waals surface area contributed by atoms with Crippen LogP contribution in [0.15, 0.2) is 45.4 Å². The fraction of sp³-hybridized carbons (Fsp3) is 0.312. The molecule has 8 heteroatoms. The second-order valence-electron chi connectivity index (χ2n) is 5.46. The number of azo groups is 1. The van der Waals surface area contributed by atoms with Crippen LogP contribution in [0, 0.1) is 0 Å². The molecule has 2 N–H and O–H groups in total. The van der Waals surface area contributed by atoms with Crippen LogP contribution < -0.4 is 10.5 Å². The highest BCUT2D eigenvalue weighted by atomic mass is 16.1. The quantitative estimate of drug-likeness (QED) is 0.679. The van der Waals surface area contributed by atoms with Crippen molar-refractivity contribution in [3.05, 3.63) is 40.7 Å². The zero-order valence-corrected chi connectivity index (χ0v) is 13.7. The number of fused-ring (bicyclic) bond motifs is 1. The minimum Gasteiger partial charge on any atom is -0.345 e. The molecule has 1 aromatic carbocycles. The molecular formula is C16H19N7O. The van der Waals surface area contributed by atoms with Crippen LogP contribution in [-0.2, 0) is 0 Å². The van der Waals surface area contributed by atoms with Crippen LogP contribution in [0.5, 0.6) is 0 Å². The van der Waals surface area contributed by atoms with Gasteiger partial charge in [0.2, 0.25) is 11.9 Å². The van der Waals surface area contributed by atoms with Gasteiger partial charge in [-0.1, -0.05) is 31.5 Å². The molecule has 0 unspecified atom stereocenters. The molecule has 0 aliphatic carbocycles. The Kier molecular flexibility index (Phi) is 4.64. The van der Waals surface area contributed by atoms with Crippen LogP contribution in [0.1, 0.15) is 19.8 Å². The predicted molar refractivity (Wildman–Crippen MR) is 93.3 cm³/mol. The van der Waals surface area contributed by atoms with Crippen molar-refractivity contribution in [1.29, 1.82) is 0 Å². The molecule has 0 saturated heterocycles. The molecule has 0 amide bonds. The number of hydrogen-bond donors (Lipinski definition) is 2. The molecule has 2 aromatic heterocycles. The molecule has 0 spiro atoms. The van der Waals surface area contributed by atoms with Gasteiger partial charge in [0, 0.05) is 13.6 Å². The summed E-state index contributed by atoms with van der Waals surface area (Å²) in [7, 11) is 1.89. The molecule has 0 aliphatic rings. The Hall–Kier alpha value is -3.03. The van der Waals surface area contributed by atoms with Crippen molar-refractivity contribution in [3.8, 4) is 0 Å². The largest absolute Gasteiger partial charge is 0.345 e. The maximum Gasteiger partial charge on any atom is 0.278 e. The lowest BCUT2D eigenvalue weighted by Crippen LogP contribution is -2.24. The molecule has 24 heavy (non-hydrogen) atoms. The lowest BCUT2D eigenvalue weighted by atomic mass is 10.3. The van der Waals surface area contributed by atoms with E-state index in [9.17, 15) is 4.79 Å². The highest BCUT2D eigenvalue weighted by molar-refractivity contribution is 5.72. The molecule has 0 radical (unpaired) electrons. The number of hydrogen-bond acceptors (Lipinski definition) is 6. The van der Waals surface area contributed by atoms with E-state index in [-0.39, 0.29) is 11.5 Å². The topological polar surface area (TPSA) is 102 Å². The molecule has 0 bridgehead atoms. The van der Waals surface area contributed by atoms with E-state index < -0.39 is 0 Å². The fourth-order valence-corrected chi connectivity index (χ4v) is 2.21. The van der Waals surface area contributed by atoms with Crippen molar-refractivity contribution < 1.29 is 0 Å². The van der Waals surface area contributed by atoms with E-state index in [1.807, 2.05) is 42.3 Å². The van der Waals surface area contributed by atoms with Gasteiger partial charge in [0.15, 0.2) is 11.2 Å². The van der Waals surface area contributed by atoms with Crippen molar-refractivity contribution in [1.82, 2.24) is 19.9 Å². The van der Waals surface area contributed by atoms with Crippen molar-refractivity contribution in [3.63, 3.8) is 0 Å². The molecule has 2 heterocycles. The number of unbranched alkanes of at least 4 members (excludes halogenated alkanes) is 1. The monoisotopic (exact) mass is 325 g/mol. The number of benzene rings is 1. The average molecular weight is 325 g/mol.